The maximum absolute atomic E-state index is 5.38. The average molecular weight is 208 g/mol. The molecular weight excluding hydrogens is 188 g/mol. The van der Waals surface area contributed by atoms with Crippen molar-refractivity contribution in [2.24, 2.45) is 0 Å². The van der Waals surface area contributed by atoms with Crippen molar-refractivity contribution in [3.8, 4) is 0 Å². The van der Waals surface area contributed by atoms with Crippen LogP contribution in [-0.4, -0.2) is 24.7 Å². The van der Waals surface area contributed by atoms with E-state index in [0.29, 0.717) is 0 Å². The molecule has 3 nitrogen and oxygen atoms in total. The van der Waals surface area contributed by atoms with Gasteiger partial charge in [0.05, 0.1) is 0 Å². The normalized spacial score (nSPS) is 10.5. The van der Waals surface area contributed by atoms with Crippen molar-refractivity contribution in [1.29, 1.82) is 0 Å². The number of ether oxygens (including phenoxy) is 1. The Kier molecular flexibility index (Phi) is 6.79. The molecular formula is C12H20N2O. The zero-order valence-corrected chi connectivity index (χ0v) is 9.41. The average Bonchev–Trinajstić information content (AvgIpc) is 2.29. The SMILES string of the molecule is CCCOCCCNCc1cccnc1. The lowest BCUT2D eigenvalue weighted by molar-refractivity contribution is 0.132. The summed E-state index contributed by atoms with van der Waals surface area (Å²) in [5, 5.41) is 3.36. The van der Waals surface area contributed by atoms with E-state index in [1.165, 1.54) is 5.56 Å². The fraction of sp³-hybridized carbons (Fsp3) is 0.583. The highest BCUT2D eigenvalue weighted by atomic mass is 16.5. The lowest BCUT2D eigenvalue weighted by Crippen LogP contribution is -2.16. The summed E-state index contributed by atoms with van der Waals surface area (Å²) in [5.74, 6) is 0. The molecule has 0 bridgehead atoms. The van der Waals surface area contributed by atoms with Gasteiger partial charge in [-0.1, -0.05) is 13.0 Å². The van der Waals surface area contributed by atoms with Crippen molar-refractivity contribution >= 4 is 0 Å². The van der Waals surface area contributed by atoms with Crippen LogP contribution in [0.4, 0.5) is 0 Å². The van der Waals surface area contributed by atoms with Crippen LogP contribution in [0.5, 0.6) is 0 Å². The van der Waals surface area contributed by atoms with Crippen LogP contribution < -0.4 is 5.32 Å². The van der Waals surface area contributed by atoms with Crippen LogP contribution in [0, 0.1) is 0 Å². The van der Waals surface area contributed by atoms with Crippen LogP contribution in [0.2, 0.25) is 0 Å². The Labute approximate surface area is 91.9 Å². The lowest BCUT2D eigenvalue weighted by atomic mass is 10.3. The molecule has 0 spiro atoms. The molecule has 0 aliphatic carbocycles. The van der Waals surface area contributed by atoms with Crippen molar-refractivity contribution in [2.45, 2.75) is 26.3 Å². The molecule has 0 saturated carbocycles. The number of nitrogens with zero attached hydrogens (tertiary/aromatic N) is 1. The van der Waals surface area contributed by atoms with Gasteiger partial charge in [0.15, 0.2) is 0 Å². The number of nitrogens with one attached hydrogen (secondary N) is 1. The van der Waals surface area contributed by atoms with Gasteiger partial charge in [-0.2, -0.15) is 0 Å². The summed E-state index contributed by atoms with van der Waals surface area (Å²) in [6.07, 6.45) is 5.85. The molecule has 0 radical (unpaired) electrons. The predicted molar refractivity (Wildman–Crippen MR) is 61.7 cm³/mol. The molecule has 1 aromatic heterocycles. The molecule has 0 fully saturated rings. The quantitative estimate of drug-likeness (QED) is 0.663. The topological polar surface area (TPSA) is 34.1 Å². The van der Waals surface area contributed by atoms with Gasteiger partial charge in [0, 0.05) is 32.2 Å². The summed E-state index contributed by atoms with van der Waals surface area (Å²) >= 11 is 0. The zero-order chi connectivity index (χ0) is 10.8. The van der Waals surface area contributed by atoms with Gasteiger partial charge in [-0.15, -0.1) is 0 Å². The van der Waals surface area contributed by atoms with Gasteiger partial charge in [0.1, 0.15) is 0 Å². The minimum absolute atomic E-state index is 0.855. The van der Waals surface area contributed by atoms with Crippen molar-refractivity contribution in [3.05, 3.63) is 30.1 Å². The molecule has 0 saturated heterocycles. The Bertz CT molecular complexity index is 239. The van der Waals surface area contributed by atoms with Crippen LogP contribution in [0.15, 0.2) is 24.5 Å². The highest BCUT2D eigenvalue weighted by Crippen LogP contribution is 1.94. The maximum Gasteiger partial charge on any atom is 0.0478 e. The van der Waals surface area contributed by atoms with E-state index < -0.39 is 0 Å². The summed E-state index contributed by atoms with van der Waals surface area (Å²) in [7, 11) is 0. The van der Waals surface area contributed by atoms with Gasteiger partial charge < -0.3 is 10.1 Å². The number of hydrogen-bond donors (Lipinski definition) is 1. The number of aromatic nitrogens is 1. The van der Waals surface area contributed by atoms with E-state index in [9.17, 15) is 0 Å². The van der Waals surface area contributed by atoms with Crippen molar-refractivity contribution < 1.29 is 4.74 Å². The second kappa shape index (κ2) is 8.38. The fourth-order valence-corrected chi connectivity index (χ4v) is 1.28. The standard InChI is InChI=1S/C12H20N2O/c1-2-8-15-9-4-7-14-11-12-5-3-6-13-10-12/h3,5-6,10,14H,2,4,7-9,11H2,1H3. The van der Waals surface area contributed by atoms with Gasteiger partial charge in [0.25, 0.3) is 0 Å². The Morgan fingerprint density at radius 3 is 3.07 bits per heavy atom. The van der Waals surface area contributed by atoms with Crippen LogP contribution >= 0.6 is 0 Å². The Balaban J connectivity index is 1.93. The smallest absolute Gasteiger partial charge is 0.0478 e. The molecule has 1 rings (SSSR count). The molecule has 1 N–H and O–H groups in total. The van der Waals surface area contributed by atoms with Crippen molar-refractivity contribution in [2.75, 3.05) is 19.8 Å². The molecule has 0 unspecified atom stereocenters. The molecule has 0 aliphatic heterocycles. The molecule has 0 amide bonds. The third-order valence-corrected chi connectivity index (χ3v) is 2.04. The predicted octanol–water partition coefficient (Wildman–Crippen LogP) is 1.99. The van der Waals surface area contributed by atoms with Crippen molar-refractivity contribution in [3.63, 3.8) is 0 Å². The molecule has 0 aromatic carbocycles. The maximum atomic E-state index is 5.38. The van der Waals surface area contributed by atoms with E-state index in [4.69, 9.17) is 4.74 Å². The van der Waals surface area contributed by atoms with Crippen molar-refractivity contribution in [1.82, 2.24) is 10.3 Å². The summed E-state index contributed by atoms with van der Waals surface area (Å²) < 4.78 is 5.38. The van der Waals surface area contributed by atoms with Gasteiger partial charge in [-0.05, 0) is 31.0 Å². The summed E-state index contributed by atoms with van der Waals surface area (Å²) in [5.41, 5.74) is 1.23. The molecule has 0 atom stereocenters. The highest BCUT2D eigenvalue weighted by molar-refractivity contribution is 5.07. The summed E-state index contributed by atoms with van der Waals surface area (Å²) in [6, 6.07) is 4.04. The van der Waals surface area contributed by atoms with Gasteiger partial charge in [-0.3, -0.25) is 4.98 Å². The first-order valence-electron chi connectivity index (χ1n) is 5.61. The Hall–Kier alpha value is -0.930. The van der Waals surface area contributed by atoms with E-state index in [-0.39, 0.29) is 0 Å². The Morgan fingerprint density at radius 1 is 1.40 bits per heavy atom. The largest absolute Gasteiger partial charge is 0.381 e. The first kappa shape index (κ1) is 12.1. The van der Waals surface area contributed by atoms with E-state index in [2.05, 4.69) is 23.3 Å². The highest BCUT2D eigenvalue weighted by Gasteiger charge is 1.91. The number of rotatable bonds is 8. The molecule has 0 aliphatic rings. The van der Waals surface area contributed by atoms with Crippen LogP contribution in [0.3, 0.4) is 0 Å². The molecule has 15 heavy (non-hydrogen) atoms. The molecule has 84 valence electrons. The Morgan fingerprint density at radius 2 is 2.33 bits per heavy atom. The first-order valence-corrected chi connectivity index (χ1v) is 5.61. The minimum Gasteiger partial charge on any atom is -0.381 e. The first-order chi connectivity index (χ1) is 7.43. The second-order valence-corrected chi connectivity index (χ2v) is 3.50. The third-order valence-electron chi connectivity index (χ3n) is 2.04. The van der Waals surface area contributed by atoms with Gasteiger partial charge in [-0.25, -0.2) is 0 Å². The van der Waals surface area contributed by atoms with Gasteiger partial charge >= 0.3 is 0 Å². The fourth-order valence-electron chi connectivity index (χ4n) is 1.28. The molecule has 3 heteroatoms. The van der Waals surface area contributed by atoms with E-state index >= 15 is 0 Å². The van der Waals surface area contributed by atoms with E-state index in [0.717, 1.165) is 39.1 Å². The van der Waals surface area contributed by atoms with E-state index in [1.807, 2.05) is 12.3 Å². The van der Waals surface area contributed by atoms with Crippen LogP contribution in [0.25, 0.3) is 0 Å². The van der Waals surface area contributed by atoms with E-state index in [1.54, 1.807) is 6.20 Å². The zero-order valence-electron chi connectivity index (χ0n) is 9.41. The monoisotopic (exact) mass is 208 g/mol. The van der Waals surface area contributed by atoms with Crippen LogP contribution in [-0.2, 0) is 11.3 Å². The summed E-state index contributed by atoms with van der Waals surface area (Å²) in [6.45, 7) is 5.75. The van der Waals surface area contributed by atoms with Crippen LogP contribution in [0.1, 0.15) is 25.3 Å². The lowest BCUT2D eigenvalue weighted by Gasteiger charge is -2.04. The number of hydrogen-bond acceptors (Lipinski definition) is 3. The molecule has 1 heterocycles. The van der Waals surface area contributed by atoms with Gasteiger partial charge in [0.2, 0.25) is 0 Å². The minimum atomic E-state index is 0.855. The third kappa shape index (κ3) is 6.20. The second-order valence-electron chi connectivity index (χ2n) is 3.50. The number of pyridine rings is 1. The summed E-state index contributed by atoms with van der Waals surface area (Å²) in [4.78, 5) is 4.06. The molecule has 1 aromatic rings.